The number of hydrogen-bond acceptors (Lipinski definition) is 2. The summed E-state index contributed by atoms with van der Waals surface area (Å²) in [6, 6.07) is 6.85. The van der Waals surface area contributed by atoms with E-state index in [0.29, 0.717) is 5.41 Å². The van der Waals surface area contributed by atoms with E-state index in [2.05, 4.69) is 56.2 Å². The smallest absolute Gasteiger partial charge is 0.0231 e. The van der Waals surface area contributed by atoms with Crippen molar-refractivity contribution in [2.24, 2.45) is 5.41 Å². The summed E-state index contributed by atoms with van der Waals surface area (Å²) in [4.78, 5) is 2.46. The fourth-order valence-electron chi connectivity index (χ4n) is 3.18. The standard InChI is InChI=1S/C16H26N2/c1-13-7-14(2)9-15(8-13)10-18(4)12-16(3)5-6-17-11-16/h7-9,17H,5-6,10-12H2,1-4H3. The van der Waals surface area contributed by atoms with Crippen molar-refractivity contribution in [2.45, 2.75) is 33.7 Å². The van der Waals surface area contributed by atoms with Crippen LogP contribution in [0.5, 0.6) is 0 Å². The topological polar surface area (TPSA) is 15.3 Å². The molecule has 1 heterocycles. The molecule has 1 fully saturated rings. The largest absolute Gasteiger partial charge is 0.316 e. The average molecular weight is 246 g/mol. The van der Waals surface area contributed by atoms with Crippen LogP contribution in [-0.4, -0.2) is 31.6 Å². The van der Waals surface area contributed by atoms with Crippen LogP contribution in [-0.2, 0) is 6.54 Å². The van der Waals surface area contributed by atoms with Crippen molar-refractivity contribution in [1.82, 2.24) is 10.2 Å². The predicted octanol–water partition coefficient (Wildman–Crippen LogP) is 2.73. The van der Waals surface area contributed by atoms with E-state index in [1.165, 1.54) is 36.2 Å². The molecular weight excluding hydrogens is 220 g/mol. The van der Waals surface area contributed by atoms with Crippen molar-refractivity contribution < 1.29 is 0 Å². The van der Waals surface area contributed by atoms with Crippen LogP contribution in [0.25, 0.3) is 0 Å². The third-order valence-corrected chi connectivity index (χ3v) is 3.84. The summed E-state index contributed by atoms with van der Waals surface area (Å²) in [5.41, 5.74) is 4.62. The fraction of sp³-hybridized carbons (Fsp3) is 0.625. The molecule has 0 saturated carbocycles. The molecular formula is C16H26N2. The lowest BCUT2D eigenvalue weighted by Crippen LogP contribution is -2.34. The van der Waals surface area contributed by atoms with Crippen molar-refractivity contribution in [3.05, 3.63) is 34.9 Å². The van der Waals surface area contributed by atoms with Crippen LogP contribution in [0, 0.1) is 19.3 Å². The highest BCUT2D eigenvalue weighted by molar-refractivity contribution is 5.28. The first-order valence-electron chi connectivity index (χ1n) is 6.93. The van der Waals surface area contributed by atoms with Crippen molar-refractivity contribution in [2.75, 3.05) is 26.7 Å². The molecule has 1 aliphatic heterocycles. The van der Waals surface area contributed by atoms with Crippen LogP contribution in [0.15, 0.2) is 18.2 Å². The van der Waals surface area contributed by atoms with E-state index >= 15 is 0 Å². The van der Waals surface area contributed by atoms with E-state index in [0.717, 1.165) is 13.1 Å². The van der Waals surface area contributed by atoms with Crippen LogP contribution >= 0.6 is 0 Å². The van der Waals surface area contributed by atoms with Gasteiger partial charge in [-0.25, -0.2) is 0 Å². The van der Waals surface area contributed by atoms with Gasteiger partial charge in [0.2, 0.25) is 0 Å². The van der Waals surface area contributed by atoms with Gasteiger partial charge in [0.1, 0.15) is 0 Å². The zero-order valence-electron chi connectivity index (χ0n) is 12.2. The summed E-state index contributed by atoms with van der Waals surface area (Å²) in [7, 11) is 2.24. The van der Waals surface area contributed by atoms with Crippen LogP contribution in [0.4, 0.5) is 0 Å². The van der Waals surface area contributed by atoms with Crippen LogP contribution in [0.1, 0.15) is 30.0 Å². The first-order chi connectivity index (χ1) is 8.47. The Morgan fingerprint density at radius 3 is 2.44 bits per heavy atom. The maximum atomic E-state index is 3.47. The molecule has 0 amide bonds. The Morgan fingerprint density at radius 1 is 1.22 bits per heavy atom. The molecule has 0 spiro atoms. The van der Waals surface area contributed by atoms with E-state index < -0.39 is 0 Å². The number of nitrogens with zero attached hydrogens (tertiary/aromatic N) is 1. The third-order valence-electron chi connectivity index (χ3n) is 3.84. The Kier molecular flexibility index (Phi) is 4.08. The van der Waals surface area contributed by atoms with Crippen molar-refractivity contribution in [1.29, 1.82) is 0 Å². The second kappa shape index (κ2) is 5.41. The molecule has 0 aromatic heterocycles. The highest BCUT2D eigenvalue weighted by Gasteiger charge is 2.29. The quantitative estimate of drug-likeness (QED) is 0.879. The Morgan fingerprint density at radius 2 is 1.89 bits per heavy atom. The van der Waals surface area contributed by atoms with Gasteiger partial charge in [-0.2, -0.15) is 0 Å². The maximum absolute atomic E-state index is 3.47. The van der Waals surface area contributed by atoms with Gasteiger partial charge in [-0.1, -0.05) is 36.2 Å². The molecule has 0 radical (unpaired) electrons. The minimum absolute atomic E-state index is 0.452. The first-order valence-corrected chi connectivity index (χ1v) is 6.93. The van der Waals surface area contributed by atoms with Gasteiger partial charge in [-0.3, -0.25) is 0 Å². The van der Waals surface area contributed by atoms with Gasteiger partial charge in [0.05, 0.1) is 0 Å². The van der Waals surface area contributed by atoms with E-state index in [-0.39, 0.29) is 0 Å². The first kappa shape index (κ1) is 13.6. The van der Waals surface area contributed by atoms with E-state index in [4.69, 9.17) is 0 Å². The Balaban J connectivity index is 1.96. The summed E-state index contributed by atoms with van der Waals surface area (Å²) in [6.07, 6.45) is 1.30. The van der Waals surface area contributed by atoms with E-state index in [1.807, 2.05) is 0 Å². The number of benzene rings is 1. The van der Waals surface area contributed by atoms with Gasteiger partial charge in [-0.15, -0.1) is 0 Å². The fourth-order valence-corrected chi connectivity index (χ4v) is 3.18. The SMILES string of the molecule is Cc1cc(C)cc(CN(C)CC2(C)CCNC2)c1. The third kappa shape index (κ3) is 3.56. The summed E-state index contributed by atoms with van der Waals surface area (Å²) in [5.74, 6) is 0. The molecule has 1 aromatic carbocycles. The predicted molar refractivity (Wildman–Crippen MR) is 77.8 cm³/mol. The lowest BCUT2D eigenvalue weighted by atomic mass is 9.89. The number of rotatable bonds is 4. The van der Waals surface area contributed by atoms with Gasteiger partial charge in [0.15, 0.2) is 0 Å². The van der Waals surface area contributed by atoms with Gasteiger partial charge in [-0.05, 0) is 44.8 Å². The molecule has 100 valence electrons. The lowest BCUT2D eigenvalue weighted by Gasteiger charge is -2.29. The zero-order valence-corrected chi connectivity index (χ0v) is 12.2. The average Bonchev–Trinajstić information content (AvgIpc) is 2.62. The summed E-state index contributed by atoms with van der Waals surface area (Å²) in [5, 5.41) is 3.47. The molecule has 1 aromatic rings. The highest BCUT2D eigenvalue weighted by Crippen LogP contribution is 2.25. The molecule has 1 aliphatic rings. The van der Waals surface area contributed by atoms with Crippen LogP contribution in [0.3, 0.4) is 0 Å². The molecule has 2 rings (SSSR count). The molecule has 2 nitrogen and oxygen atoms in total. The molecule has 1 N–H and O–H groups in total. The summed E-state index contributed by atoms with van der Waals surface area (Å²) in [6.45, 7) is 11.3. The van der Waals surface area contributed by atoms with Gasteiger partial charge >= 0.3 is 0 Å². The number of aryl methyl sites for hydroxylation is 2. The van der Waals surface area contributed by atoms with Crippen molar-refractivity contribution in [3.8, 4) is 0 Å². The Bertz CT molecular complexity index is 385. The van der Waals surface area contributed by atoms with Gasteiger partial charge in [0, 0.05) is 19.6 Å². The molecule has 1 unspecified atom stereocenters. The zero-order chi connectivity index (χ0) is 13.2. The minimum atomic E-state index is 0.452. The summed E-state index contributed by atoms with van der Waals surface area (Å²) < 4.78 is 0. The molecule has 1 saturated heterocycles. The van der Waals surface area contributed by atoms with Gasteiger partial charge in [0.25, 0.3) is 0 Å². The number of nitrogens with one attached hydrogen (secondary N) is 1. The van der Waals surface area contributed by atoms with E-state index in [9.17, 15) is 0 Å². The highest BCUT2D eigenvalue weighted by atomic mass is 15.1. The van der Waals surface area contributed by atoms with Crippen LogP contribution in [0.2, 0.25) is 0 Å². The maximum Gasteiger partial charge on any atom is 0.0231 e. The number of hydrogen-bond donors (Lipinski definition) is 1. The van der Waals surface area contributed by atoms with Gasteiger partial charge < -0.3 is 10.2 Å². The van der Waals surface area contributed by atoms with Crippen molar-refractivity contribution >= 4 is 0 Å². The minimum Gasteiger partial charge on any atom is -0.316 e. The molecule has 18 heavy (non-hydrogen) atoms. The molecule has 1 atom stereocenters. The lowest BCUT2D eigenvalue weighted by molar-refractivity contribution is 0.203. The second-order valence-corrected chi connectivity index (χ2v) is 6.41. The normalized spacial score (nSPS) is 23.8. The monoisotopic (exact) mass is 246 g/mol. The molecule has 0 bridgehead atoms. The Hall–Kier alpha value is -0.860. The van der Waals surface area contributed by atoms with Crippen LogP contribution < -0.4 is 5.32 Å². The van der Waals surface area contributed by atoms with Crippen molar-refractivity contribution in [3.63, 3.8) is 0 Å². The Labute approximate surface area is 111 Å². The molecule has 2 heteroatoms. The van der Waals surface area contributed by atoms with E-state index in [1.54, 1.807) is 0 Å². The molecule has 0 aliphatic carbocycles. The second-order valence-electron chi connectivity index (χ2n) is 6.41. The summed E-state index contributed by atoms with van der Waals surface area (Å²) >= 11 is 0.